The molecule has 15 heavy (non-hydrogen) atoms. The van der Waals surface area contributed by atoms with Crippen LogP contribution in [0.15, 0.2) is 6.20 Å². The molecule has 0 atom stereocenters. The molecule has 82 valence electrons. The number of anilines is 4. The first-order valence-electron chi connectivity index (χ1n) is 4.93. The average Bonchev–Trinajstić information content (AvgIpc) is 2.68. The van der Waals surface area contributed by atoms with Gasteiger partial charge in [0, 0.05) is 0 Å². The molecule has 0 spiro atoms. The topological polar surface area (TPSA) is 108 Å². The Bertz CT molecular complexity index is 387. The van der Waals surface area contributed by atoms with Gasteiger partial charge in [-0.05, 0) is 12.8 Å². The van der Waals surface area contributed by atoms with Crippen molar-refractivity contribution in [3.8, 4) is 0 Å². The first-order chi connectivity index (χ1) is 7.11. The third kappa shape index (κ3) is 1.47. The van der Waals surface area contributed by atoms with Crippen LogP contribution in [0.2, 0.25) is 0 Å². The molecule has 2 rings (SSSR count). The lowest BCUT2D eigenvalue weighted by atomic mass is 10.3. The van der Waals surface area contributed by atoms with E-state index in [4.69, 9.17) is 17.2 Å². The van der Waals surface area contributed by atoms with E-state index in [2.05, 4.69) is 0 Å². The molecule has 1 aliphatic heterocycles. The highest BCUT2D eigenvalue weighted by molar-refractivity contribution is 5.82. The number of hydrogen-bond donors (Lipinski definition) is 3. The zero-order valence-electron chi connectivity index (χ0n) is 8.44. The number of nitrogen functional groups attached to an aromatic ring is 3. The Kier molecular flexibility index (Phi) is 2.18. The van der Waals surface area contributed by atoms with E-state index < -0.39 is 0 Å². The molecule has 6 nitrogen and oxygen atoms in total. The highest BCUT2D eigenvalue weighted by Gasteiger charge is 2.26. The Labute approximate surface area is 87.8 Å². The molecule has 0 unspecified atom stereocenters. The van der Waals surface area contributed by atoms with Crippen LogP contribution < -0.4 is 26.8 Å². The van der Waals surface area contributed by atoms with Gasteiger partial charge in [-0.15, -0.1) is 0 Å². The van der Waals surface area contributed by atoms with Gasteiger partial charge in [0.2, 0.25) is 0 Å². The van der Waals surface area contributed by atoms with Gasteiger partial charge >= 0.3 is 5.82 Å². The number of aromatic nitrogens is 1. The van der Waals surface area contributed by atoms with E-state index in [1.54, 1.807) is 0 Å². The summed E-state index contributed by atoms with van der Waals surface area (Å²) in [7, 11) is 0. The van der Waals surface area contributed by atoms with Gasteiger partial charge in [-0.1, -0.05) is 0 Å². The van der Waals surface area contributed by atoms with Crippen molar-refractivity contribution in [3.63, 3.8) is 0 Å². The molecule has 6 heteroatoms. The molecular weight excluding hydrogens is 194 g/mol. The summed E-state index contributed by atoms with van der Waals surface area (Å²) in [5.41, 5.74) is 17.8. The van der Waals surface area contributed by atoms with Crippen molar-refractivity contribution in [2.45, 2.75) is 12.8 Å². The molecule has 6 N–H and O–H groups in total. The summed E-state index contributed by atoms with van der Waals surface area (Å²) in [6.07, 6.45) is 3.41. The molecule has 0 aromatic carbocycles. The number of nitrogens with zero attached hydrogens (tertiary/aromatic N) is 2. The largest absolute Gasteiger partial charge is 0.710 e. The maximum absolute atomic E-state index is 11.7. The summed E-state index contributed by atoms with van der Waals surface area (Å²) < 4.78 is 0.701. The van der Waals surface area contributed by atoms with Gasteiger partial charge in [0.1, 0.15) is 11.9 Å². The molecular formula is C9H15N5O. The summed E-state index contributed by atoms with van der Waals surface area (Å²) in [6, 6.07) is 0. The lowest BCUT2D eigenvalue weighted by Crippen LogP contribution is -2.38. The molecule has 1 fully saturated rings. The molecule has 1 saturated heterocycles. The molecule has 1 aliphatic rings. The Hall–Kier alpha value is -1.85. The fraction of sp³-hybridized carbons (Fsp3) is 0.444. The van der Waals surface area contributed by atoms with Crippen LogP contribution >= 0.6 is 0 Å². The van der Waals surface area contributed by atoms with Crippen LogP contribution in [0, 0.1) is 5.21 Å². The standard InChI is InChI=1S/C9H15N5O/c10-6-5-14(15)9(8(12)7(6)11)13-3-1-2-4-13/h5H,1-4,10-12H2. The summed E-state index contributed by atoms with van der Waals surface area (Å²) in [5, 5.41) is 11.7. The Morgan fingerprint density at radius 1 is 1.13 bits per heavy atom. The van der Waals surface area contributed by atoms with Gasteiger partial charge in [0.15, 0.2) is 0 Å². The van der Waals surface area contributed by atoms with Crippen molar-refractivity contribution in [3.05, 3.63) is 11.4 Å². The molecule has 0 radical (unpaired) electrons. The quantitative estimate of drug-likeness (QED) is 0.433. The third-order valence-electron chi connectivity index (χ3n) is 2.71. The summed E-state index contributed by atoms with van der Waals surface area (Å²) >= 11 is 0. The highest BCUT2D eigenvalue weighted by Crippen LogP contribution is 2.30. The monoisotopic (exact) mass is 209 g/mol. The second kappa shape index (κ2) is 3.38. The lowest BCUT2D eigenvalue weighted by molar-refractivity contribution is -0.590. The van der Waals surface area contributed by atoms with Gasteiger partial charge in [0.05, 0.1) is 24.5 Å². The van der Waals surface area contributed by atoms with E-state index in [0.717, 1.165) is 25.9 Å². The molecule has 0 saturated carbocycles. The van der Waals surface area contributed by atoms with Crippen LogP contribution in [0.1, 0.15) is 12.8 Å². The van der Waals surface area contributed by atoms with Crippen LogP contribution in [0.5, 0.6) is 0 Å². The van der Waals surface area contributed by atoms with Crippen molar-refractivity contribution in [1.29, 1.82) is 0 Å². The maximum atomic E-state index is 11.7. The first-order valence-corrected chi connectivity index (χ1v) is 4.93. The van der Waals surface area contributed by atoms with Crippen LogP contribution in [0.4, 0.5) is 22.9 Å². The van der Waals surface area contributed by atoms with Crippen molar-refractivity contribution in [1.82, 2.24) is 0 Å². The number of pyridine rings is 1. The van der Waals surface area contributed by atoms with Gasteiger partial charge in [0.25, 0.3) is 0 Å². The predicted molar refractivity (Wildman–Crippen MR) is 60.1 cm³/mol. The SMILES string of the molecule is Nc1c[n+]([O-])c(N2CCCC2)c(N)c1N. The van der Waals surface area contributed by atoms with Crippen LogP contribution in [-0.4, -0.2) is 13.1 Å². The smallest absolute Gasteiger partial charge is 0.305 e. The highest BCUT2D eigenvalue weighted by atomic mass is 16.5. The van der Waals surface area contributed by atoms with E-state index >= 15 is 0 Å². The zero-order valence-corrected chi connectivity index (χ0v) is 8.44. The van der Waals surface area contributed by atoms with Crippen molar-refractivity contribution in [2.75, 3.05) is 35.2 Å². The molecule has 1 aromatic rings. The minimum Gasteiger partial charge on any atom is -0.710 e. The minimum absolute atomic E-state index is 0.227. The van der Waals surface area contributed by atoms with E-state index in [1.165, 1.54) is 6.20 Å². The van der Waals surface area contributed by atoms with Gasteiger partial charge < -0.3 is 22.4 Å². The lowest BCUT2D eigenvalue weighted by Gasteiger charge is -2.19. The fourth-order valence-electron chi connectivity index (χ4n) is 1.89. The second-order valence-corrected chi connectivity index (χ2v) is 3.76. The molecule has 0 aliphatic carbocycles. The third-order valence-corrected chi connectivity index (χ3v) is 2.71. The molecule has 0 bridgehead atoms. The molecule has 0 amide bonds. The van der Waals surface area contributed by atoms with Crippen LogP contribution in [0.25, 0.3) is 0 Å². The predicted octanol–water partition coefficient (Wildman–Crippen LogP) is -0.333. The number of hydrogen-bond acceptors (Lipinski definition) is 5. The Balaban J connectivity index is 2.50. The van der Waals surface area contributed by atoms with Crippen molar-refractivity contribution in [2.24, 2.45) is 0 Å². The van der Waals surface area contributed by atoms with Crippen molar-refractivity contribution >= 4 is 22.9 Å². The van der Waals surface area contributed by atoms with Crippen molar-refractivity contribution < 1.29 is 4.73 Å². The number of rotatable bonds is 1. The van der Waals surface area contributed by atoms with E-state index in [9.17, 15) is 5.21 Å². The fourth-order valence-corrected chi connectivity index (χ4v) is 1.89. The van der Waals surface area contributed by atoms with E-state index in [1.807, 2.05) is 4.90 Å². The Morgan fingerprint density at radius 2 is 1.73 bits per heavy atom. The maximum Gasteiger partial charge on any atom is 0.305 e. The van der Waals surface area contributed by atoms with E-state index in [0.29, 0.717) is 16.2 Å². The second-order valence-electron chi connectivity index (χ2n) is 3.76. The molecule has 2 heterocycles. The van der Waals surface area contributed by atoms with Gasteiger partial charge in [-0.25, -0.2) is 4.73 Å². The summed E-state index contributed by atoms with van der Waals surface area (Å²) in [6.45, 7) is 1.69. The molecule has 1 aromatic heterocycles. The van der Waals surface area contributed by atoms with E-state index in [-0.39, 0.29) is 11.4 Å². The van der Waals surface area contributed by atoms with Gasteiger partial charge in [-0.3, -0.25) is 4.90 Å². The summed E-state index contributed by atoms with van der Waals surface area (Å²) in [5.74, 6) is 0.430. The van der Waals surface area contributed by atoms with Gasteiger partial charge in [-0.2, -0.15) is 0 Å². The zero-order chi connectivity index (χ0) is 11.0. The average molecular weight is 209 g/mol. The normalized spacial score (nSPS) is 15.9. The van der Waals surface area contributed by atoms with Crippen LogP contribution in [0.3, 0.4) is 0 Å². The summed E-state index contributed by atoms with van der Waals surface area (Å²) in [4.78, 5) is 1.94. The minimum atomic E-state index is 0.227. The first kappa shape index (κ1) is 9.70. The Morgan fingerprint density at radius 3 is 2.33 bits per heavy atom. The van der Waals surface area contributed by atoms with Crippen LogP contribution in [-0.2, 0) is 0 Å². The number of nitrogens with two attached hydrogens (primary N) is 3.